The average molecular weight is 366 g/mol. The van der Waals surface area contributed by atoms with Gasteiger partial charge in [-0.05, 0) is 30.7 Å². The molecule has 0 atom stereocenters. The van der Waals surface area contributed by atoms with Crippen LogP contribution in [0.25, 0.3) is 22.8 Å². The summed E-state index contributed by atoms with van der Waals surface area (Å²) in [5.74, 6) is 0.285. The van der Waals surface area contributed by atoms with Gasteiger partial charge in [-0.2, -0.15) is 10.1 Å². The lowest BCUT2D eigenvalue weighted by Crippen LogP contribution is -2.11. The number of aromatic nitrogens is 5. The minimum atomic E-state index is -0.155. The Kier molecular flexibility index (Phi) is 4.05. The number of anilines is 1. The van der Waals surface area contributed by atoms with Crippen molar-refractivity contribution in [1.82, 2.24) is 24.9 Å². The lowest BCUT2D eigenvalue weighted by atomic mass is 10.1. The second-order valence-electron chi connectivity index (χ2n) is 5.59. The van der Waals surface area contributed by atoms with Crippen molar-refractivity contribution in [3.63, 3.8) is 0 Å². The molecule has 0 saturated heterocycles. The Balaban J connectivity index is 1.55. The van der Waals surface area contributed by atoms with Gasteiger partial charge in [0.05, 0.1) is 16.9 Å². The first-order valence-corrected chi connectivity index (χ1v) is 8.62. The van der Waals surface area contributed by atoms with Gasteiger partial charge in [0.1, 0.15) is 10.6 Å². The van der Waals surface area contributed by atoms with Gasteiger partial charge in [-0.3, -0.25) is 9.48 Å². The molecule has 1 amide bonds. The topological polar surface area (TPSA) is 98.7 Å². The van der Waals surface area contributed by atoms with Crippen molar-refractivity contribution in [3.8, 4) is 22.8 Å². The second kappa shape index (κ2) is 6.52. The van der Waals surface area contributed by atoms with Crippen LogP contribution in [0.3, 0.4) is 0 Å². The van der Waals surface area contributed by atoms with Gasteiger partial charge in [-0.1, -0.05) is 17.3 Å². The molecule has 4 rings (SSSR count). The highest BCUT2D eigenvalue weighted by Gasteiger charge is 2.14. The van der Waals surface area contributed by atoms with E-state index in [4.69, 9.17) is 4.52 Å². The smallest absolute Gasteiger partial charge is 0.267 e. The van der Waals surface area contributed by atoms with E-state index in [0.717, 1.165) is 17.0 Å². The van der Waals surface area contributed by atoms with E-state index < -0.39 is 0 Å². The van der Waals surface area contributed by atoms with Crippen LogP contribution in [-0.4, -0.2) is 30.8 Å². The number of hydrogen-bond donors (Lipinski definition) is 1. The van der Waals surface area contributed by atoms with Crippen LogP contribution < -0.4 is 5.32 Å². The molecule has 0 aliphatic carbocycles. The fourth-order valence-corrected chi connectivity index (χ4v) is 3.26. The van der Waals surface area contributed by atoms with Crippen LogP contribution in [-0.2, 0) is 7.05 Å². The van der Waals surface area contributed by atoms with Crippen LogP contribution in [0.1, 0.15) is 15.4 Å². The Hall–Kier alpha value is -3.33. The zero-order chi connectivity index (χ0) is 18.1. The van der Waals surface area contributed by atoms with Crippen molar-refractivity contribution < 1.29 is 9.32 Å². The van der Waals surface area contributed by atoms with Gasteiger partial charge in [-0.25, -0.2) is 4.98 Å². The molecule has 0 radical (unpaired) electrons. The first-order chi connectivity index (χ1) is 12.6. The van der Waals surface area contributed by atoms with Crippen LogP contribution in [0.15, 0.2) is 46.8 Å². The van der Waals surface area contributed by atoms with Gasteiger partial charge < -0.3 is 9.84 Å². The highest BCUT2D eigenvalue weighted by Crippen LogP contribution is 2.25. The first kappa shape index (κ1) is 16.2. The van der Waals surface area contributed by atoms with E-state index >= 15 is 0 Å². The van der Waals surface area contributed by atoms with Crippen molar-refractivity contribution in [3.05, 3.63) is 52.8 Å². The molecule has 1 N–H and O–H groups in total. The van der Waals surface area contributed by atoms with Gasteiger partial charge >= 0.3 is 0 Å². The normalized spacial score (nSPS) is 10.8. The van der Waals surface area contributed by atoms with E-state index in [-0.39, 0.29) is 5.91 Å². The number of rotatable bonds is 4. The summed E-state index contributed by atoms with van der Waals surface area (Å²) >= 11 is 1.33. The lowest BCUT2D eigenvalue weighted by Gasteiger charge is -2.06. The molecule has 0 fully saturated rings. The Bertz CT molecular complexity index is 1050. The molecule has 9 heteroatoms. The number of nitrogens with zero attached hydrogens (tertiary/aromatic N) is 5. The highest BCUT2D eigenvalue weighted by atomic mass is 32.1. The van der Waals surface area contributed by atoms with Crippen LogP contribution >= 0.6 is 11.3 Å². The fraction of sp³-hybridized carbons (Fsp3) is 0.118. The van der Waals surface area contributed by atoms with Crippen LogP contribution in [0.5, 0.6) is 0 Å². The molecule has 0 bridgehead atoms. The third kappa shape index (κ3) is 3.00. The Morgan fingerprint density at radius 1 is 1.23 bits per heavy atom. The van der Waals surface area contributed by atoms with Gasteiger partial charge in [-0.15, -0.1) is 11.3 Å². The van der Waals surface area contributed by atoms with E-state index in [1.54, 1.807) is 10.2 Å². The molecule has 26 heavy (non-hydrogen) atoms. The van der Waals surface area contributed by atoms with Crippen molar-refractivity contribution >= 4 is 22.9 Å². The van der Waals surface area contributed by atoms with Crippen molar-refractivity contribution in [2.75, 3.05) is 5.32 Å². The van der Waals surface area contributed by atoms with E-state index in [9.17, 15) is 4.79 Å². The molecule has 3 aromatic heterocycles. The van der Waals surface area contributed by atoms with Gasteiger partial charge in [0.2, 0.25) is 12.2 Å². The van der Waals surface area contributed by atoms with Crippen molar-refractivity contribution in [2.24, 2.45) is 7.05 Å². The van der Waals surface area contributed by atoms with Gasteiger partial charge in [0, 0.05) is 12.7 Å². The Labute approximate surface area is 152 Å². The molecule has 8 nitrogen and oxygen atoms in total. The number of carbonyl (C=O) groups is 1. The molecule has 0 unspecified atom stereocenters. The highest BCUT2D eigenvalue weighted by molar-refractivity contribution is 7.12. The molecule has 0 aliphatic rings. The van der Waals surface area contributed by atoms with Gasteiger partial charge in [0.15, 0.2) is 0 Å². The minimum absolute atomic E-state index is 0.155. The maximum Gasteiger partial charge on any atom is 0.267 e. The first-order valence-electron chi connectivity index (χ1n) is 7.74. The molecule has 1 aromatic carbocycles. The standard InChI is InChI=1S/C17H14N6O2S/c1-10-15(26-9-19-10)17(24)20-12-5-3-11(4-6-12)14-7-13(21-23(14)2)16-18-8-25-22-16/h3-9H,1-2H3,(H,20,24). The second-order valence-corrected chi connectivity index (χ2v) is 6.45. The van der Waals surface area contributed by atoms with E-state index in [1.165, 1.54) is 17.7 Å². The van der Waals surface area contributed by atoms with Crippen molar-refractivity contribution in [1.29, 1.82) is 0 Å². The summed E-state index contributed by atoms with van der Waals surface area (Å²) in [6.07, 6.45) is 1.27. The summed E-state index contributed by atoms with van der Waals surface area (Å²) in [5.41, 5.74) is 5.61. The average Bonchev–Trinajstić information content (AvgIpc) is 3.36. The molecule has 0 aliphatic heterocycles. The van der Waals surface area contributed by atoms with Crippen LogP contribution in [0.4, 0.5) is 5.69 Å². The number of carbonyl (C=O) groups excluding carboxylic acids is 1. The zero-order valence-electron chi connectivity index (χ0n) is 14.0. The van der Waals surface area contributed by atoms with Crippen LogP contribution in [0, 0.1) is 6.92 Å². The number of thiazole rings is 1. The number of benzene rings is 1. The lowest BCUT2D eigenvalue weighted by molar-refractivity contribution is 0.103. The summed E-state index contributed by atoms with van der Waals surface area (Å²) < 4.78 is 6.51. The summed E-state index contributed by atoms with van der Waals surface area (Å²) in [5, 5.41) is 11.1. The zero-order valence-corrected chi connectivity index (χ0v) is 14.8. The number of hydrogen-bond acceptors (Lipinski definition) is 7. The number of nitrogens with one attached hydrogen (secondary N) is 1. The van der Waals surface area contributed by atoms with Crippen LogP contribution in [0.2, 0.25) is 0 Å². The van der Waals surface area contributed by atoms with Gasteiger partial charge in [0.25, 0.3) is 5.91 Å². The van der Waals surface area contributed by atoms with E-state index in [2.05, 4.69) is 25.5 Å². The molecule has 130 valence electrons. The maximum absolute atomic E-state index is 12.3. The fourth-order valence-electron chi connectivity index (χ4n) is 2.56. The summed E-state index contributed by atoms with van der Waals surface area (Å²) in [4.78, 5) is 21.0. The van der Waals surface area contributed by atoms with E-state index in [1.807, 2.05) is 44.3 Å². The molecule has 0 spiro atoms. The predicted molar refractivity (Wildman–Crippen MR) is 96.7 cm³/mol. The quantitative estimate of drug-likeness (QED) is 0.596. The summed E-state index contributed by atoms with van der Waals surface area (Å²) in [6, 6.07) is 9.44. The van der Waals surface area contributed by atoms with E-state index in [0.29, 0.717) is 22.1 Å². The predicted octanol–water partition coefficient (Wildman–Crippen LogP) is 3.15. The molecule has 4 aromatic rings. The molecule has 3 heterocycles. The largest absolute Gasteiger partial charge is 0.342 e. The monoisotopic (exact) mass is 366 g/mol. The maximum atomic E-state index is 12.3. The SMILES string of the molecule is Cc1ncsc1C(=O)Nc1ccc(-c2cc(-c3ncon3)nn2C)cc1. The van der Waals surface area contributed by atoms with Crippen molar-refractivity contribution in [2.45, 2.75) is 6.92 Å². The third-order valence-corrected chi connectivity index (χ3v) is 4.79. The summed E-state index contributed by atoms with van der Waals surface area (Å²) in [6.45, 7) is 1.82. The third-order valence-electron chi connectivity index (χ3n) is 3.86. The Morgan fingerprint density at radius 3 is 2.69 bits per heavy atom. The molecular formula is C17H14N6O2S. The minimum Gasteiger partial charge on any atom is -0.342 e. The molecule has 0 saturated carbocycles. The summed E-state index contributed by atoms with van der Waals surface area (Å²) in [7, 11) is 1.85. The Morgan fingerprint density at radius 2 is 2.04 bits per heavy atom. The number of aryl methyl sites for hydroxylation is 2. The molecular weight excluding hydrogens is 352 g/mol. The number of amides is 1.